The summed E-state index contributed by atoms with van der Waals surface area (Å²) >= 11 is 0. The monoisotopic (exact) mass is 223 g/mol. The average molecular weight is 223 g/mol. The molecule has 0 bridgehead atoms. The van der Waals surface area contributed by atoms with Crippen LogP contribution in [0.2, 0.25) is 0 Å². The van der Waals surface area contributed by atoms with Crippen LogP contribution in [0.1, 0.15) is 26.3 Å². The van der Waals surface area contributed by atoms with E-state index in [9.17, 15) is 0 Å². The van der Waals surface area contributed by atoms with Gasteiger partial charge >= 0.3 is 0 Å². The molecule has 3 heteroatoms. The van der Waals surface area contributed by atoms with Crippen LogP contribution in [-0.4, -0.2) is 19.3 Å². The van der Waals surface area contributed by atoms with Gasteiger partial charge in [-0.3, -0.25) is 0 Å². The van der Waals surface area contributed by atoms with Crippen molar-refractivity contribution in [3.63, 3.8) is 0 Å². The molecule has 0 aliphatic carbocycles. The molecule has 3 nitrogen and oxygen atoms in total. The third-order valence-electron chi connectivity index (χ3n) is 2.19. The van der Waals surface area contributed by atoms with Gasteiger partial charge in [-0.25, -0.2) is 0 Å². The molecule has 90 valence electrons. The fourth-order valence-electron chi connectivity index (χ4n) is 1.62. The van der Waals surface area contributed by atoms with Crippen LogP contribution in [0.3, 0.4) is 0 Å². The molecule has 0 aliphatic heterocycles. The predicted molar refractivity (Wildman–Crippen MR) is 66.1 cm³/mol. The second-order valence-corrected chi connectivity index (χ2v) is 4.58. The highest BCUT2D eigenvalue weighted by Crippen LogP contribution is 2.29. The van der Waals surface area contributed by atoms with Gasteiger partial charge in [-0.2, -0.15) is 0 Å². The van der Waals surface area contributed by atoms with Crippen molar-refractivity contribution in [2.24, 2.45) is 5.73 Å². The number of methoxy groups -OCH3 is 1. The van der Waals surface area contributed by atoms with E-state index in [2.05, 4.69) is 0 Å². The first-order valence-electron chi connectivity index (χ1n) is 5.55. The Morgan fingerprint density at radius 1 is 1.25 bits per heavy atom. The largest absolute Gasteiger partial charge is 0.493 e. The van der Waals surface area contributed by atoms with Gasteiger partial charge in [0.05, 0.1) is 13.7 Å². The Kier molecular flexibility index (Phi) is 4.19. The number of hydrogen-bond donors (Lipinski definition) is 1. The van der Waals surface area contributed by atoms with Crippen LogP contribution < -0.4 is 15.2 Å². The van der Waals surface area contributed by atoms with Gasteiger partial charge in [0.25, 0.3) is 0 Å². The first-order valence-corrected chi connectivity index (χ1v) is 5.55. The Hall–Kier alpha value is -1.22. The quantitative estimate of drug-likeness (QED) is 0.833. The second-order valence-electron chi connectivity index (χ2n) is 4.58. The summed E-state index contributed by atoms with van der Waals surface area (Å²) in [6.45, 7) is 6.61. The van der Waals surface area contributed by atoms with Crippen molar-refractivity contribution in [2.75, 3.05) is 13.7 Å². The molecule has 0 saturated carbocycles. The van der Waals surface area contributed by atoms with E-state index in [1.807, 2.05) is 39.0 Å². The van der Waals surface area contributed by atoms with Gasteiger partial charge < -0.3 is 15.2 Å². The number of nitrogens with two attached hydrogens (primary N) is 1. The Bertz CT molecular complexity index is 342. The van der Waals surface area contributed by atoms with E-state index in [-0.39, 0.29) is 5.54 Å². The number of rotatable bonds is 5. The van der Waals surface area contributed by atoms with Crippen LogP contribution in [-0.2, 0) is 6.42 Å². The van der Waals surface area contributed by atoms with Crippen molar-refractivity contribution < 1.29 is 9.47 Å². The minimum absolute atomic E-state index is 0.210. The molecule has 16 heavy (non-hydrogen) atoms. The molecule has 0 saturated heterocycles. The summed E-state index contributed by atoms with van der Waals surface area (Å²) in [5.74, 6) is 1.55. The lowest BCUT2D eigenvalue weighted by molar-refractivity contribution is 0.310. The zero-order chi connectivity index (χ0) is 12.2. The summed E-state index contributed by atoms with van der Waals surface area (Å²) in [5, 5.41) is 0. The van der Waals surface area contributed by atoms with E-state index >= 15 is 0 Å². The van der Waals surface area contributed by atoms with Gasteiger partial charge in [0, 0.05) is 5.54 Å². The number of hydrogen-bond acceptors (Lipinski definition) is 3. The van der Waals surface area contributed by atoms with Crippen molar-refractivity contribution in [2.45, 2.75) is 32.7 Å². The Morgan fingerprint density at radius 3 is 2.44 bits per heavy atom. The topological polar surface area (TPSA) is 44.5 Å². The normalized spacial score (nSPS) is 11.3. The molecular weight excluding hydrogens is 202 g/mol. The lowest BCUT2D eigenvalue weighted by Crippen LogP contribution is -2.34. The van der Waals surface area contributed by atoms with E-state index in [4.69, 9.17) is 15.2 Å². The summed E-state index contributed by atoms with van der Waals surface area (Å²) in [6.07, 6.45) is 0.815. The van der Waals surface area contributed by atoms with Crippen LogP contribution in [0.15, 0.2) is 18.2 Å². The molecule has 0 fully saturated rings. The molecule has 0 radical (unpaired) electrons. The summed E-state index contributed by atoms with van der Waals surface area (Å²) in [5.41, 5.74) is 6.93. The fraction of sp³-hybridized carbons (Fsp3) is 0.538. The van der Waals surface area contributed by atoms with Crippen molar-refractivity contribution in [1.82, 2.24) is 0 Å². The standard InChI is InChI=1S/C13H21NO2/c1-5-16-11-7-6-10(8-12(11)15-4)9-13(2,3)14/h6-8H,5,9,14H2,1-4H3. The third-order valence-corrected chi connectivity index (χ3v) is 2.19. The molecule has 0 aliphatic rings. The number of benzene rings is 1. The SMILES string of the molecule is CCOc1ccc(CC(C)(C)N)cc1OC. The van der Waals surface area contributed by atoms with Crippen LogP contribution in [0.4, 0.5) is 0 Å². The Morgan fingerprint density at radius 2 is 1.94 bits per heavy atom. The van der Waals surface area contributed by atoms with Crippen molar-refractivity contribution in [3.8, 4) is 11.5 Å². The van der Waals surface area contributed by atoms with Crippen molar-refractivity contribution in [1.29, 1.82) is 0 Å². The zero-order valence-corrected chi connectivity index (χ0v) is 10.5. The lowest BCUT2D eigenvalue weighted by Gasteiger charge is -2.19. The first kappa shape index (κ1) is 12.8. The van der Waals surface area contributed by atoms with E-state index < -0.39 is 0 Å². The van der Waals surface area contributed by atoms with Crippen LogP contribution in [0.25, 0.3) is 0 Å². The molecule has 1 aromatic rings. The highest BCUT2D eigenvalue weighted by molar-refractivity contribution is 5.43. The first-order chi connectivity index (χ1) is 7.46. The van der Waals surface area contributed by atoms with Gasteiger partial charge in [-0.1, -0.05) is 6.07 Å². The maximum atomic E-state index is 5.98. The molecule has 2 N–H and O–H groups in total. The van der Waals surface area contributed by atoms with Crippen LogP contribution >= 0.6 is 0 Å². The Labute approximate surface area is 97.6 Å². The van der Waals surface area contributed by atoms with Gasteiger partial charge in [-0.15, -0.1) is 0 Å². The van der Waals surface area contributed by atoms with E-state index in [1.165, 1.54) is 0 Å². The van der Waals surface area contributed by atoms with Crippen molar-refractivity contribution in [3.05, 3.63) is 23.8 Å². The van der Waals surface area contributed by atoms with Gasteiger partial charge in [0.15, 0.2) is 11.5 Å². The predicted octanol–water partition coefficient (Wildman–Crippen LogP) is 2.37. The lowest BCUT2D eigenvalue weighted by atomic mass is 9.96. The third kappa shape index (κ3) is 3.74. The van der Waals surface area contributed by atoms with Gasteiger partial charge in [0.1, 0.15) is 0 Å². The molecule has 1 aromatic carbocycles. The molecule has 0 amide bonds. The number of ether oxygens (including phenoxy) is 2. The maximum Gasteiger partial charge on any atom is 0.161 e. The molecule has 0 aromatic heterocycles. The summed E-state index contributed by atoms with van der Waals surface area (Å²) in [4.78, 5) is 0. The minimum Gasteiger partial charge on any atom is -0.493 e. The smallest absolute Gasteiger partial charge is 0.161 e. The van der Waals surface area contributed by atoms with Gasteiger partial charge in [-0.05, 0) is 44.9 Å². The summed E-state index contributed by atoms with van der Waals surface area (Å²) < 4.78 is 10.7. The Balaban J connectivity index is 2.90. The van der Waals surface area contributed by atoms with Crippen LogP contribution in [0, 0.1) is 0 Å². The van der Waals surface area contributed by atoms with Gasteiger partial charge in [0.2, 0.25) is 0 Å². The maximum absolute atomic E-state index is 5.98. The van der Waals surface area contributed by atoms with E-state index in [1.54, 1.807) is 7.11 Å². The molecule has 0 atom stereocenters. The highest BCUT2D eigenvalue weighted by atomic mass is 16.5. The molecular formula is C13H21NO2. The minimum atomic E-state index is -0.210. The fourth-order valence-corrected chi connectivity index (χ4v) is 1.62. The molecule has 1 rings (SSSR count). The molecule has 0 spiro atoms. The second kappa shape index (κ2) is 5.21. The van der Waals surface area contributed by atoms with E-state index in [0.29, 0.717) is 6.61 Å². The van der Waals surface area contributed by atoms with Crippen molar-refractivity contribution >= 4 is 0 Å². The highest BCUT2D eigenvalue weighted by Gasteiger charge is 2.13. The van der Waals surface area contributed by atoms with Crippen LogP contribution in [0.5, 0.6) is 11.5 Å². The summed E-state index contributed by atoms with van der Waals surface area (Å²) in [6, 6.07) is 5.95. The van der Waals surface area contributed by atoms with E-state index in [0.717, 1.165) is 23.5 Å². The molecule has 0 heterocycles. The summed E-state index contributed by atoms with van der Waals surface area (Å²) in [7, 11) is 1.65. The zero-order valence-electron chi connectivity index (χ0n) is 10.5. The molecule has 0 unspecified atom stereocenters. The average Bonchev–Trinajstić information content (AvgIpc) is 2.18.